The fourth-order valence-corrected chi connectivity index (χ4v) is 1.83. The Kier molecular flexibility index (Phi) is 5.05. The number of aliphatic carboxylic acids is 1. The van der Waals surface area contributed by atoms with Gasteiger partial charge in [-0.2, -0.15) is 0 Å². The lowest BCUT2D eigenvalue weighted by Crippen LogP contribution is -2.55. The molecule has 106 valence electrons. The van der Waals surface area contributed by atoms with Crippen LogP contribution in [0.1, 0.15) is 26.7 Å². The SMILES string of the molecule is CC(C)(O)CC(=O)[C@@](O)(CC(=O)O)C[N+](C)(C)C. The van der Waals surface area contributed by atoms with E-state index in [2.05, 4.69) is 0 Å². The number of ketones is 1. The monoisotopic (exact) mass is 262 g/mol. The molecule has 0 aromatic heterocycles. The number of rotatable bonds is 7. The summed E-state index contributed by atoms with van der Waals surface area (Å²) in [6.07, 6.45) is -0.936. The molecule has 0 aliphatic carbocycles. The summed E-state index contributed by atoms with van der Waals surface area (Å²) in [6.45, 7) is 2.87. The number of carbonyl (C=O) groups excluding carboxylic acids is 1. The van der Waals surface area contributed by atoms with E-state index in [-0.39, 0.29) is 17.4 Å². The molecule has 0 saturated heterocycles. The number of aliphatic hydroxyl groups is 2. The topological polar surface area (TPSA) is 94.8 Å². The average molecular weight is 262 g/mol. The minimum atomic E-state index is -1.95. The molecule has 0 aromatic rings. The summed E-state index contributed by atoms with van der Waals surface area (Å²) in [7, 11) is 5.26. The summed E-state index contributed by atoms with van der Waals surface area (Å²) in [5, 5.41) is 28.7. The van der Waals surface area contributed by atoms with Crippen molar-refractivity contribution in [3.05, 3.63) is 0 Å². The van der Waals surface area contributed by atoms with Gasteiger partial charge in [0.2, 0.25) is 0 Å². The van der Waals surface area contributed by atoms with Crippen molar-refractivity contribution in [1.29, 1.82) is 0 Å². The van der Waals surface area contributed by atoms with Crippen molar-refractivity contribution >= 4 is 11.8 Å². The van der Waals surface area contributed by atoms with Crippen molar-refractivity contribution in [3.8, 4) is 0 Å². The van der Waals surface area contributed by atoms with Crippen LogP contribution in [0.2, 0.25) is 0 Å². The van der Waals surface area contributed by atoms with Crippen LogP contribution >= 0.6 is 0 Å². The van der Waals surface area contributed by atoms with Crippen molar-refractivity contribution in [2.45, 2.75) is 37.9 Å². The van der Waals surface area contributed by atoms with Crippen molar-refractivity contribution < 1.29 is 29.4 Å². The zero-order valence-corrected chi connectivity index (χ0v) is 11.7. The molecular weight excluding hydrogens is 238 g/mol. The zero-order valence-electron chi connectivity index (χ0n) is 11.7. The first-order valence-electron chi connectivity index (χ1n) is 5.75. The number of hydrogen-bond donors (Lipinski definition) is 3. The minimum absolute atomic E-state index is 0.0196. The molecule has 0 heterocycles. The van der Waals surface area contributed by atoms with Gasteiger partial charge < -0.3 is 19.8 Å². The number of carbonyl (C=O) groups is 2. The van der Waals surface area contributed by atoms with Crippen LogP contribution in [-0.2, 0) is 9.59 Å². The Bertz CT molecular complexity index is 326. The Morgan fingerprint density at radius 1 is 1.06 bits per heavy atom. The van der Waals surface area contributed by atoms with E-state index in [1.165, 1.54) is 13.8 Å². The van der Waals surface area contributed by atoms with E-state index in [0.717, 1.165) is 0 Å². The maximum atomic E-state index is 12.0. The molecule has 0 fully saturated rings. The molecule has 0 aliphatic heterocycles. The van der Waals surface area contributed by atoms with Crippen molar-refractivity contribution in [1.82, 2.24) is 0 Å². The Balaban J connectivity index is 5.09. The van der Waals surface area contributed by atoms with E-state index in [1.54, 1.807) is 21.1 Å². The van der Waals surface area contributed by atoms with Gasteiger partial charge in [0, 0.05) is 6.42 Å². The van der Waals surface area contributed by atoms with Gasteiger partial charge in [0.05, 0.1) is 33.2 Å². The Morgan fingerprint density at radius 2 is 1.50 bits per heavy atom. The number of quaternary nitrogens is 1. The van der Waals surface area contributed by atoms with Crippen LogP contribution in [0.3, 0.4) is 0 Å². The first kappa shape index (κ1) is 17.0. The van der Waals surface area contributed by atoms with Crippen molar-refractivity contribution in [2.75, 3.05) is 27.7 Å². The minimum Gasteiger partial charge on any atom is -0.481 e. The largest absolute Gasteiger partial charge is 0.481 e. The van der Waals surface area contributed by atoms with Gasteiger partial charge in [0.1, 0.15) is 6.54 Å². The molecule has 18 heavy (non-hydrogen) atoms. The smallest absolute Gasteiger partial charge is 0.306 e. The Hall–Kier alpha value is -0.980. The second-order valence-electron chi connectivity index (χ2n) is 6.46. The molecular formula is C12H24NO5+. The summed E-state index contributed by atoms with van der Waals surface area (Å²) in [4.78, 5) is 22.8. The lowest BCUT2D eigenvalue weighted by atomic mass is 9.86. The Morgan fingerprint density at radius 3 is 1.78 bits per heavy atom. The third kappa shape index (κ3) is 6.68. The van der Waals surface area contributed by atoms with Crippen LogP contribution in [0.15, 0.2) is 0 Å². The molecule has 0 radical (unpaired) electrons. The molecule has 0 rings (SSSR count). The first-order chi connectivity index (χ1) is 7.75. The number of carboxylic acid groups (broad SMARTS) is 1. The van der Waals surface area contributed by atoms with Gasteiger partial charge in [-0.1, -0.05) is 0 Å². The van der Waals surface area contributed by atoms with E-state index in [9.17, 15) is 19.8 Å². The third-order valence-corrected chi connectivity index (χ3v) is 2.29. The van der Waals surface area contributed by atoms with Crippen molar-refractivity contribution in [3.63, 3.8) is 0 Å². The predicted molar refractivity (Wildman–Crippen MR) is 66.0 cm³/mol. The molecule has 0 saturated carbocycles. The maximum Gasteiger partial charge on any atom is 0.306 e. The van der Waals surface area contributed by atoms with Crippen LogP contribution in [-0.4, -0.2) is 70.4 Å². The molecule has 6 nitrogen and oxygen atoms in total. The number of Topliss-reactive ketones (excluding diaryl/α,β-unsaturated/α-hetero) is 1. The highest BCUT2D eigenvalue weighted by molar-refractivity contribution is 5.91. The van der Waals surface area contributed by atoms with E-state index >= 15 is 0 Å². The summed E-state index contributed by atoms with van der Waals surface area (Å²) in [5.74, 6) is -1.89. The van der Waals surface area contributed by atoms with Crippen LogP contribution in [0.25, 0.3) is 0 Å². The van der Waals surface area contributed by atoms with Crippen LogP contribution in [0.4, 0.5) is 0 Å². The summed E-state index contributed by atoms with van der Waals surface area (Å²) < 4.78 is 0.251. The van der Waals surface area contributed by atoms with Crippen molar-refractivity contribution in [2.24, 2.45) is 0 Å². The van der Waals surface area contributed by atoms with Gasteiger partial charge in [-0.15, -0.1) is 0 Å². The van der Waals surface area contributed by atoms with E-state index < -0.39 is 29.4 Å². The molecule has 6 heteroatoms. The van der Waals surface area contributed by atoms with Crippen LogP contribution in [0.5, 0.6) is 0 Å². The molecule has 0 amide bonds. The number of likely N-dealkylation sites (N-methyl/N-ethyl adjacent to an activating group) is 1. The van der Waals surface area contributed by atoms with Crippen LogP contribution < -0.4 is 0 Å². The van der Waals surface area contributed by atoms with Gasteiger partial charge in [0.15, 0.2) is 11.4 Å². The number of nitrogens with zero attached hydrogens (tertiary/aromatic N) is 1. The summed E-state index contributed by atoms with van der Waals surface area (Å²) in [6, 6.07) is 0. The molecule has 3 N–H and O–H groups in total. The molecule has 0 aromatic carbocycles. The average Bonchev–Trinajstić information content (AvgIpc) is 1.93. The first-order valence-corrected chi connectivity index (χ1v) is 5.75. The summed E-state index contributed by atoms with van der Waals surface area (Å²) >= 11 is 0. The van der Waals surface area contributed by atoms with E-state index in [1.807, 2.05) is 0 Å². The van der Waals surface area contributed by atoms with E-state index in [0.29, 0.717) is 0 Å². The second-order valence-corrected chi connectivity index (χ2v) is 6.46. The Labute approximate surface area is 107 Å². The fourth-order valence-electron chi connectivity index (χ4n) is 1.83. The van der Waals surface area contributed by atoms with E-state index in [4.69, 9.17) is 5.11 Å². The molecule has 0 unspecified atom stereocenters. The second kappa shape index (κ2) is 5.34. The lowest BCUT2D eigenvalue weighted by molar-refractivity contribution is -0.875. The molecule has 0 bridgehead atoms. The number of carboxylic acids is 1. The van der Waals surface area contributed by atoms with Gasteiger partial charge in [-0.25, -0.2) is 0 Å². The highest BCUT2D eigenvalue weighted by Gasteiger charge is 2.44. The summed E-state index contributed by atoms with van der Waals surface area (Å²) in [5.41, 5.74) is -3.22. The molecule has 0 aliphatic rings. The van der Waals surface area contributed by atoms with Gasteiger partial charge >= 0.3 is 5.97 Å². The van der Waals surface area contributed by atoms with Gasteiger partial charge in [0.25, 0.3) is 0 Å². The molecule has 0 spiro atoms. The predicted octanol–water partition coefficient (Wildman–Crippen LogP) is -0.371. The maximum absolute atomic E-state index is 12.0. The van der Waals surface area contributed by atoms with Gasteiger partial charge in [-0.05, 0) is 13.8 Å². The van der Waals surface area contributed by atoms with Crippen LogP contribution in [0, 0.1) is 0 Å². The van der Waals surface area contributed by atoms with Gasteiger partial charge in [-0.3, -0.25) is 9.59 Å². The molecule has 1 atom stereocenters. The standard InChI is InChI=1S/C12H23NO5/c1-11(2,17)6-9(14)12(18,7-10(15)16)8-13(3,4)5/h17-18H,6-8H2,1-5H3/p+1/t12-/m1/s1. The highest BCUT2D eigenvalue weighted by Crippen LogP contribution is 2.21. The zero-order chi connectivity index (χ0) is 14.8. The normalized spacial score (nSPS) is 16.2. The number of hydrogen-bond acceptors (Lipinski definition) is 4. The lowest BCUT2D eigenvalue weighted by Gasteiger charge is -2.34. The fraction of sp³-hybridized carbons (Fsp3) is 0.833. The third-order valence-electron chi connectivity index (χ3n) is 2.29. The quantitative estimate of drug-likeness (QED) is 0.544. The highest BCUT2D eigenvalue weighted by atomic mass is 16.4.